The number of imidazole rings is 1. The van der Waals surface area contributed by atoms with Crippen molar-refractivity contribution in [2.75, 3.05) is 18.0 Å². The third-order valence-electron chi connectivity index (χ3n) is 3.62. The molecule has 0 unspecified atom stereocenters. The van der Waals surface area contributed by atoms with Crippen LogP contribution in [-0.4, -0.2) is 23.1 Å². The summed E-state index contributed by atoms with van der Waals surface area (Å²) in [6.07, 6.45) is 4.98. The van der Waals surface area contributed by atoms with E-state index in [9.17, 15) is 0 Å². The van der Waals surface area contributed by atoms with Gasteiger partial charge in [-0.15, -0.1) is 0 Å². The van der Waals surface area contributed by atoms with Gasteiger partial charge in [-0.1, -0.05) is 19.1 Å². The van der Waals surface area contributed by atoms with E-state index >= 15 is 0 Å². The maximum Gasteiger partial charge on any atom is 0.203 e. The summed E-state index contributed by atoms with van der Waals surface area (Å²) in [5.41, 5.74) is 3.66. The Morgan fingerprint density at radius 1 is 1.24 bits per heavy atom. The molecule has 1 aliphatic heterocycles. The summed E-state index contributed by atoms with van der Waals surface area (Å²) in [4.78, 5) is 10.6. The zero-order chi connectivity index (χ0) is 11.7. The Morgan fingerprint density at radius 3 is 2.82 bits per heavy atom. The molecule has 0 saturated carbocycles. The number of nitrogens with zero attached hydrogens (tertiary/aromatic N) is 2. The van der Waals surface area contributed by atoms with Gasteiger partial charge in [0.25, 0.3) is 0 Å². The lowest BCUT2D eigenvalue weighted by molar-refractivity contribution is 0.570. The molecule has 3 heteroatoms. The van der Waals surface area contributed by atoms with Gasteiger partial charge in [-0.25, -0.2) is 4.98 Å². The second-order valence-corrected chi connectivity index (χ2v) is 4.77. The molecule has 0 atom stereocenters. The average Bonchev–Trinajstić information content (AvgIpc) is 2.83. The molecule has 0 bridgehead atoms. The highest BCUT2D eigenvalue weighted by Gasteiger charge is 2.15. The van der Waals surface area contributed by atoms with E-state index in [0.29, 0.717) is 0 Å². The van der Waals surface area contributed by atoms with Crippen molar-refractivity contribution in [1.29, 1.82) is 0 Å². The molecule has 3 rings (SSSR count). The largest absolute Gasteiger partial charge is 0.342 e. The molecule has 90 valence electrons. The molecule has 1 fully saturated rings. The number of benzene rings is 1. The normalized spacial score (nSPS) is 16.6. The fourth-order valence-electron chi connectivity index (χ4n) is 2.62. The molecule has 1 saturated heterocycles. The van der Waals surface area contributed by atoms with Crippen molar-refractivity contribution in [1.82, 2.24) is 9.97 Å². The smallest absolute Gasteiger partial charge is 0.203 e. The van der Waals surface area contributed by atoms with Gasteiger partial charge in [0.1, 0.15) is 0 Å². The van der Waals surface area contributed by atoms with Gasteiger partial charge >= 0.3 is 0 Å². The Morgan fingerprint density at radius 2 is 2.06 bits per heavy atom. The fraction of sp³-hybridized carbons (Fsp3) is 0.500. The van der Waals surface area contributed by atoms with E-state index in [1.807, 2.05) is 0 Å². The van der Waals surface area contributed by atoms with Crippen molar-refractivity contribution in [2.24, 2.45) is 0 Å². The number of anilines is 1. The topological polar surface area (TPSA) is 31.9 Å². The Balaban J connectivity index is 2.00. The Bertz CT molecular complexity index is 509. The van der Waals surface area contributed by atoms with Crippen molar-refractivity contribution in [3.8, 4) is 0 Å². The van der Waals surface area contributed by atoms with Crippen LogP contribution < -0.4 is 4.90 Å². The summed E-state index contributed by atoms with van der Waals surface area (Å²) >= 11 is 0. The number of nitrogens with one attached hydrogen (secondary N) is 1. The number of aromatic nitrogens is 2. The van der Waals surface area contributed by atoms with Gasteiger partial charge in [0.2, 0.25) is 5.95 Å². The molecule has 1 aromatic carbocycles. The van der Waals surface area contributed by atoms with Crippen LogP contribution in [0.2, 0.25) is 0 Å². The first-order valence-corrected chi connectivity index (χ1v) is 6.61. The maximum atomic E-state index is 4.78. The molecule has 2 aromatic rings. The zero-order valence-electron chi connectivity index (χ0n) is 10.4. The number of rotatable bonds is 2. The number of piperidine rings is 1. The number of aromatic amines is 1. The highest BCUT2D eigenvalue weighted by Crippen LogP contribution is 2.23. The fourth-order valence-corrected chi connectivity index (χ4v) is 2.62. The lowest BCUT2D eigenvalue weighted by Crippen LogP contribution is -2.30. The SMILES string of the molecule is CCc1cccc2[nH]c(N3CCCCC3)nc12. The molecule has 17 heavy (non-hydrogen) atoms. The quantitative estimate of drug-likeness (QED) is 0.858. The number of hydrogen-bond acceptors (Lipinski definition) is 2. The first-order chi connectivity index (χ1) is 8.38. The molecule has 1 aromatic heterocycles. The van der Waals surface area contributed by atoms with Crippen LogP contribution in [0.1, 0.15) is 31.7 Å². The predicted molar refractivity (Wildman–Crippen MR) is 71.5 cm³/mol. The van der Waals surface area contributed by atoms with Crippen molar-refractivity contribution in [3.63, 3.8) is 0 Å². The molecule has 0 aliphatic carbocycles. The molecule has 0 radical (unpaired) electrons. The zero-order valence-corrected chi connectivity index (χ0v) is 10.4. The Kier molecular flexibility index (Phi) is 2.75. The second-order valence-electron chi connectivity index (χ2n) is 4.77. The minimum atomic E-state index is 1.04. The number of hydrogen-bond donors (Lipinski definition) is 1. The van der Waals surface area contributed by atoms with Crippen LogP contribution in [0.15, 0.2) is 18.2 Å². The number of aryl methyl sites for hydroxylation is 1. The minimum Gasteiger partial charge on any atom is -0.342 e. The van der Waals surface area contributed by atoms with E-state index < -0.39 is 0 Å². The number of fused-ring (bicyclic) bond motifs is 1. The van der Waals surface area contributed by atoms with Crippen molar-refractivity contribution in [2.45, 2.75) is 32.6 Å². The summed E-state index contributed by atoms with van der Waals surface area (Å²) in [5.74, 6) is 1.06. The van der Waals surface area contributed by atoms with E-state index in [4.69, 9.17) is 4.98 Å². The molecule has 3 nitrogen and oxygen atoms in total. The van der Waals surface area contributed by atoms with Gasteiger partial charge in [-0.05, 0) is 37.3 Å². The van der Waals surface area contributed by atoms with E-state index in [1.54, 1.807) is 0 Å². The van der Waals surface area contributed by atoms with Gasteiger partial charge in [-0.2, -0.15) is 0 Å². The lowest BCUT2D eigenvalue weighted by Gasteiger charge is -2.25. The summed E-state index contributed by atoms with van der Waals surface area (Å²) in [6.45, 7) is 4.46. The molecule has 2 heterocycles. The summed E-state index contributed by atoms with van der Waals surface area (Å²) in [5, 5.41) is 0. The van der Waals surface area contributed by atoms with Crippen LogP contribution in [-0.2, 0) is 6.42 Å². The molecule has 0 spiro atoms. The maximum absolute atomic E-state index is 4.78. The molecule has 0 amide bonds. The third-order valence-corrected chi connectivity index (χ3v) is 3.62. The summed E-state index contributed by atoms with van der Waals surface area (Å²) in [6, 6.07) is 6.40. The Labute approximate surface area is 102 Å². The minimum absolute atomic E-state index is 1.04. The summed E-state index contributed by atoms with van der Waals surface area (Å²) < 4.78 is 0. The second kappa shape index (κ2) is 4.40. The molecular weight excluding hydrogens is 210 g/mol. The van der Waals surface area contributed by atoms with Crippen LogP contribution in [0, 0.1) is 0 Å². The van der Waals surface area contributed by atoms with E-state index in [1.165, 1.54) is 30.3 Å². The average molecular weight is 229 g/mol. The van der Waals surface area contributed by atoms with Gasteiger partial charge in [0, 0.05) is 13.1 Å². The van der Waals surface area contributed by atoms with Crippen LogP contribution in [0.3, 0.4) is 0 Å². The van der Waals surface area contributed by atoms with E-state index in [-0.39, 0.29) is 0 Å². The standard InChI is InChI=1S/C14H19N3/c1-2-11-7-6-8-12-13(11)16-14(15-12)17-9-4-3-5-10-17/h6-8H,2-5,9-10H2,1H3,(H,15,16). The lowest BCUT2D eigenvalue weighted by atomic mass is 10.1. The van der Waals surface area contributed by atoms with Gasteiger partial charge in [-0.3, -0.25) is 0 Å². The van der Waals surface area contributed by atoms with Crippen molar-refractivity contribution >= 4 is 17.0 Å². The van der Waals surface area contributed by atoms with E-state index in [2.05, 4.69) is 35.0 Å². The number of para-hydroxylation sites is 1. The monoisotopic (exact) mass is 229 g/mol. The van der Waals surface area contributed by atoms with Gasteiger partial charge in [0.15, 0.2) is 0 Å². The Hall–Kier alpha value is -1.51. The number of H-pyrrole nitrogens is 1. The van der Waals surface area contributed by atoms with Gasteiger partial charge in [0.05, 0.1) is 11.0 Å². The first kappa shape index (κ1) is 10.6. The van der Waals surface area contributed by atoms with Crippen molar-refractivity contribution in [3.05, 3.63) is 23.8 Å². The highest BCUT2D eigenvalue weighted by molar-refractivity contribution is 5.81. The van der Waals surface area contributed by atoms with Crippen LogP contribution in [0.5, 0.6) is 0 Å². The summed E-state index contributed by atoms with van der Waals surface area (Å²) in [7, 11) is 0. The van der Waals surface area contributed by atoms with Crippen LogP contribution >= 0.6 is 0 Å². The molecule has 1 N–H and O–H groups in total. The highest BCUT2D eigenvalue weighted by atomic mass is 15.3. The predicted octanol–water partition coefficient (Wildman–Crippen LogP) is 3.12. The van der Waals surface area contributed by atoms with Crippen LogP contribution in [0.4, 0.5) is 5.95 Å². The third kappa shape index (κ3) is 1.90. The van der Waals surface area contributed by atoms with E-state index in [0.717, 1.165) is 31.0 Å². The first-order valence-electron chi connectivity index (χ1n) is 6.61. The van der Waals surface area contributed by atoms with Crippen LogP contribution in [0.25, 0.3) is 11.0 Å². The molecule has 1 aliphatic rings. The van der Waals surface area contributed by atoms with Crippen molar-refractivity contribution < 1.29 is 0 Å². The molecular formula is C14H19N3. The van der Waals surface area contributed by atoms with Gasteiger partial charge < -0.3 is 9.88 Å².